The lowest BCUT2D eigenvalue weighted by molar-refractivity contribution is -0.144. The fourth-order valence-corrected chi connectivity index (χ4v) is 2.09. The van der Waals surface area contributed by atoms with Crippen molar-refractivity contribution in [2.24, 2.45) is 5.41 Å². The second kappa shape index (κ2) is 5.61. The number of nitriles is 1. The molecule has 1 aromatic carbocycles. The first kappa shape index (κ1) is 13.9. The van der Waals surface area contributed by atoms with Gasteiger partial charge >= 0.3 is 12.1 Å². The van der Waals surface area contributed by atoms with Crippen molar-refractivity contribution < 1.29 is 19.4 Å². The zero-order chi connectivity index (χ0) is 14.6. The van der Waals surface area contributed by atoms with Crippen molar-refractivity contribution in [3.63, 3.8) is 0 Å². The molecule has 1 atom stereocenters. The first-order valence-corrected chi connectivity index (χ1v) is 6.18. The smallest absolute Gasteiger partial charge is 0.410 e. The Hall–Kier alpha value is -2.55. The van der Waals surface area contributed by atoms with E-state index < -0.39 is 17.5 Å². The lowest BCUT2D eigenvalue weighted by atomic mass is 9.89. The molecule has 1 fully saturated rings. The SMILES string of the molecule is N#CC1(C(=O)O)CCN(C(=O)OCc2ccccc2)C1. The molecule has 6 heteroatoms. The van der Waals surface area contributed by atoms with Crippen LogP contribution in [-0.4, -0.2) is 35.2 Å². The molecule has 1 aromatic rings. The Morgan fingerprint density at radius 2 is 2.10 bits per heavy atom. The number of carboxylic acid groups (broad SMARTS) is 1. The molecule has 0 radical (unpaired) electrons. The van der Waals surface area contributed by atoms with E-state index in [9.17, 15) is 9.59 Å². The number of ether oxygens (including phenoxy) is 1. The van der Waals surface area contributed by atoms with Gasteiger partial charge < -0.3 is 14.7 Å². The molecular formula is C14H14N2O4. The van der Waals surface area contributed by atoms with Gasteiger partial charge in [-0.25, -0.2) is 4.79 Å². The van der Waals surface area contributed by atoms with E-state index in [-0.39, 0.29) is 26.1 Å². The number of nitrogens with zero attached hydrogens (tertiary/aromatic N) is 2. The van der Waals surface area contributed by atoms with Gasteiger partial charge in [0.15, 0.2) is 5.41 Å². The monoisotopic (exact) mass is 274 g/mol. The van der Waals surface area contributed by atoms with E-state index in [4.69, 9.17) is 15.1 Å². The van der Waals surface area contributed by atoms with Crippen molar-refractivity contribution in [1.29, 1.82) is 5.26 Å². The van der Waals surface area contributed by atoms with Crippen LogP contribution in [0.15, 0.2) is 30.3 Å². The summed E-state index contributed by atoms with van der Waals surface area (Å²) in [6.07, 6.45) is -0.466. The molecule has 0 aromatic heterocycles. The summed E-state index contributed by atoms with van der Waals surface area (Å²) >= 11 is 0. The Kier molecular flexibility index (Phi) is 3.89. The average Bonchev–Trinajstić information content (AvgIpc) is 2.92. The van der Waals surface area contributed by atoms with E-state index in [2.05, 4.69) is 0 Å². The molecule has 1 heterocycles. The van der Waals surface area contributed by atoms with E-state index in [0.29, 0.717) is 0 Å². The zero-order valence-corrected chi connectivity index (χ0v) is 10.8. The molecule has 104 valence electrons. The minimum absolute atomic E-state index is 0.124. The number of aliphatic carboxylic acids is 1. The van der Waals surface area contributed by atoms with Gasteiger partial charge in [0, 0.05) is 6.54 Å². The van der Waals surface area contributed by atoms with Gasteiger partial charge in [-0.05, 0) is 12.0 Å². The second-order valence-corrected chi connectivity index (χ2v) is 4.71. The molecular weight excluding hydrogens is 260 g/mol. The number of benzene rings is 1. The van der Waals surface area contributed by atoms with Crippen molar-refractivity contribution in [2.45, 2.75) is 13.0 Å². The lowest BCUT2D eigenvalue weighted by Crippen LogP contribution is -2.36. The van der Waals surface area contributed by atoms with E-state index >= 15 is 0 Å². The number of amides is 1. The van der Waals surface area contributed by atoms with E-state index in [0.717, 1.165) is 5.56 Å². The number of carbonyl (C=O) groups is 2. The highest BCUT2D eigenvalue weighted by Gasteiger charge is 2.47. The molecule has 1 N–H and O–H groups in total. The van der Waals surface area contributed by atoms with Crippen LogP contribution < -0.4 is 0 Å². The van der Waals surface area contributed by atoms with Gasteiger partial charge in [-0.2, -0.15) is 5.26 Å². The highest BCUT2D eigenvalue weighted by atomic mass is 16.6. The summed E-state index contributed by atoms with van der Waals surface area (Å²) in [5.41, 5.74) is -0.656. The minimum Gasteiger partial charge on any atom is -0.480 e. The van der Waals surface area contributed by atoms with Crippen LogP contribution in [0.4, 0.5) is 4.79 Å². The summed E-state index contributed by atoms with van der Waals surface area (Å²) in [5.74, 6) is -1.20. The standard InChI is InChI=1S/C14H14N2O4/c15-9-14(12(17)18)6-7-16(10-14)13(19)20-8-11-4-2-1-3-5-11/h1-5H,6-8,10H2,(H,17,18). The first-order valence-electron chi connectivity index (χ1n) is 6.18. The number of hydrogen-bond acceptors (Lipinski definition) is 4. The summed E-state index contributed by atoms with van der Waals surface area (Å²) in [4.78, 5) is 24.2. The van der Waals surface area contributed by atoms with Gasteiger partial charge in [-0.15, -0.1) is 0 Å². The molecule has 1 unspecified atom stereocenters. The maximum Gasteiger partial charge on any atom is 0.410 e. The Morgan fingerprint density at radius 3 is 2.65 bits per heavy atom. The lowest BCUT2D eigenvalue weighted by Gasteiger charge is -2.18. The predicted octanol–water partition coefficient (Wildman–Crippen LogP) is 1.62. The third-order valence-corrected chi connectivity index (χ3v) is 3.36. The number of likely N-dealkylation sites (tertiary alicyclic amines) is 1. The molecule has 6 nitrogen and oxygen atoms in total. The van der Waals surface area contributed by atoms with Crippen LogP contribution in [0.5, 0.6) is 0 Å². The largest absolute Gasteiger partial charge is 0.480 e. The third kappa shape index (κ3) is 2.72. The van der Waals surface area contributed by atoms with Crippen LogP contribution >= 0.6 is 0 Å². The number of carboxylic acids is 1. The zero-order valence-electron chi connectivity index (χ0n) is 10.8. The molecule has 0 spiro atoms. The third-order valence-electron chi connectivity index (χ3n) is 3.36. The Bertz CT molecular complexity index is 552. The molecule has 20 heavy (non-hydrogen) atoms. The van der Waals surface area contributed by atoms with Crippen LogP contribution in [-0.2, 0) is 16.1 Å². The topological polar surface area (TPSA) is 90.6 Å². The fourth-order valence-electron chi connectivity index (χ4n) is 2.09. The van der Waals surface area contributed by atoms with Crippen LogP contribution in [0.1, 0.15) is 12.0 Å². The Balaban J connectivity index is 1.92. The molecule has 1 amide bonds. The summed E-state index contributed by atoms with van der Waals surface area (Å²) in [6, 6.07) is 11.0. The van der Waals surface area contributed by atoms with Crippen molar-refractivity contribution in [3.05, 3.63) is 35.9 Å². The highest BCUT2D eigenvalue weighted by molar-refractivity contribution is 5.80. The van der Waals surface area contributed by atoms with Crippen molar-refractivity contribution >= 4 is 12.1 Å². The van der Waals surface area contributed by atoms with Gasteiger partial charge in [-0.1, -0.05) is 30.3 Å². The van der Waals surface area contributed by atoms with Crippen LogP contribution in [0.3, 0.4) is 0 Å². The summed E-state index contributed by atoms with van der Waals surface area (Å²) in [5, 5.41) is 18.1. The minimum atomic E-state index is -1.51. The Morgan fingerprint density at radius 1 is 1.40 bits per heavy atom. The van der Waals surface area contributed by atoms with E-state index in [1.165, 1.54) is 4.90 Å². The van der Waals surface area contributed by atoms with Gasteiger partial charge in [0.05, 0.1) is 12.6 Å². The molecule has 1 aliphatic rings. The van der Waals surface area contributed by atoms with Gasteiger partial charge in [0.1, 0.15) is 6.61 Å². The quantitative estimate of drug-likeness (QED) is 0.904. The first-order chi connectivity index (χ1) is 9.57. The average molecular weight is 274 g/mol. The molecule has 0 bridgehead atoms. The van der Waals surface area contributed by atoms with Crippen molar-refractivity contribution in [1.82, 2.24) is 4.90 Å². The maximum absolute atomic E-state index is 11.8. The van der Waals surface area contributed by atoms with Crippen LogP contribution in [0.25, 0.3) is 0 Å². The van der Waals surface area contributed by atoms with Crippen molar-refractivity contribution in [3.8, 4) is 6.07 Å². The summed E-state index contributed by atoms with van der Waals surface area (Å²) in [6.45, 7) is 0.211. The summed E-state index contributed by atoms with van der Waals surface area (Å²) in [7, 11) is 0. The van der Waals surface area contributed by atoms with E-state index in [1.807, 2.05) is 30.3 Å². The van der Waals surface area contributed by atoms with Gasteiger partial charge in [0.25, 0.3) is 0 Å². The van der Waals surface area contributed by atoms with Crippen molar-refractivity contribution in [2.75, 3.05) is 13.1 Å². The summed E-state index contributed by atoms with van der Waals surface area (Å²) < 4.78 is 5.11. The molecule has 0 saturated carbocycles. The molecule has 1 saturated heterocycles. The maximum atomic E-state index is 11.8. The second-order valence-electron chi connectivity index (χ2n) is 4.71. The molecule has 2 rings (SSSR count). The highest BCUT2D eigenvalue weighted by Crippen LogP contribution is 2.30. The fraction of sp³-hybridized carbons (Fsp3) is 0.357. The van der Waals surface area contributed by atoms with Crippen LogP contribution in [0, 0.1) is 16.7 Å². The van der Waals surface area contributed by atoms with Gasteiger partial charge in [0.2, 0.25) is 0 Å². The number of rotatable bonds is 3. The molecule has 0 aliphatic carbocycles. The predicted molar refractivity (Wildman–Crippen MR) is 68.5 cm³/mol. The number of carbonyl (C=O) groups excluding carboxylic acids is 1. The number of hydrogen-bond donors (Lipinski definition) is 1. The molecule has 1 aliphatic heterocycles. The van der Waals surface area contributed by atoms with Crippen LogP contribution in [0.2, 0.25) is 0 Å². The van der Waals surface area contributed by atoms with E-state index in [1.54, 1.807) is 6.07 Å². The Labute approximate surface area is 116 Å². The van der Waals surface area contributed by atoms with Gasteiger partial charge in [-0.3, -0.25) is 4.79 Å². The normalized spacial score (nSPS) is 21.2.